The van der Waals surface area contributed by atoms with Crippen LogP contribution in [0.3, 0.4) is 0 Å². The lowest BCUT2D eigenvalue weighted by molar-refractivity contribution is 0.580. The number of imidazole rings is 1. The zero-order chi connectivity index (χ0) is 11.8. The van der Waals surface area contributed by atoms with Crippen molar-refractivity contribution in [2.24, 2.45) is 5.73 Å². The van der Waals surface area contributed by atoms with Crippen LogP contribution < -0.4 is 5.73 Å². The van der Waals surface area contributed by atoms with Crippen LogP contribution in [-0.2, 0) is 6.54 Å². The SMILES string of the molecule is NCc1cccc2[nH]c(-c3ccc(Cl)o3)nc12. The number of furan rings is 1. The molecule has 2 aromatic heterocycles. The van der Waals surface area contributed by atoms with Crippen LogP contribution in [0.5, 0.6) is 0 Å². The molecule has 0 radical (unpaired) electrons. The molecular weight excluding hydrogens is 238 g/mol. The molecule has 0 aliphatic heterocycles. The van der Waals surface area contributed by atoms with Crippen molar-refractivity contribution in [3.05, 3.63) is 41.1 Å². The van der Waals surface area contributed by atoms with E-state index in [0.717, 1.165) is 16.6 Å². The predicted octanol–water partition coefficient (Wildman–Crippen LogP) is 2.94. The second-order valence-electron chi connectivity index (χ2n) is 3.71. The van der Waals surface area contributed by atoms with Gasteiger partial charge in [-0.3, -0.25) is 0 Å². The molecule has 0 saturated heterocycles. The fourth-order valence-corrected chi connectivity index (χ4v) is 1.96. The van der Waals surface area contributed by atoms with Gasteiger partial charge in [-0.1, -0.05) is 12.1 Å². The minimum absolute atomic E-state index is 0.347. The molecule has 0 fully saturated rings. The van der Waals surface area contributed by atoms with E-state index < -0.39 is 0 Å². The second kappa shape index (κ2) is 3.91. The van der Waals surface area contributed by atoms with E-state index in [9.17, 15) is 0 Å². The number of hydrogen-bond acceptors (Lipinski definition) is 3. The maximum absolute atomic E-state index is 5.74. The Morgan fingerprint density at radius 3 is 2.88 bits per heavy atom. The smallest absolute Gasteiger partial charge is 0.194 e. The third kappa shape index (κ3) is 1.71. The quantitative estimate of drug-likeness (QED) is 0.732. The molecule has 0 bridgehead atoms. The summed E-state index contributed by atoms with van der Waals surface area (Å²) < 4.78 is 5.31. The molecular formula is C12H10ClN3O. The summed E-state index contributed by atoms with van der Waals surface area (Å²) in [4.78, 5) is 7.66. The van der Waals surface area contributed by atoms with Gasteiger partial charge in [-0.2, -0.15) is 0 Å². The molecule has 0 amide bonds. The normalized spacial score (nSPS) is 11.2. The van der Waals surface area contributed by atoms with Crippen molar-refractivity contribution in [1.82, 2.24) is 9.97 Å². The predicted molar refractivity (Wildman–Crippen MR) is 66.7 cm³/mol. The van der Waals surface area contributed by atoms with E-state index in [1.165, 1.54) is 0 Å². The van der Waals surface area contributed by atoms with Crippen LogP contribution >= 0.6 is 11.6 Å². The largest absolute Gasteiger partial charge is 0.441 e. The first kappa shape index (κ1) is 10.4. The number of nitrogens with one attached hydrogen (secondary N) is 1. The highest BCUT2D eigenvalue weighted by Gasteiger charge is 2.10. The van der Waals surface area contributed by atoms with Crippen LogP contribution in [0.25, 0.3) is 22.6 Å². The minimum Gasteiger partial charge on any atom is -0.441 e. The van der Waals surface area contributed by atoms with Crippen LogP contribution in [0.4, 0.5) is 0 Å². The standard InChI is InChI=1S/C12H10ClN3O/c13-10-5-4-9(17-10)12-15-8-3-1-2-7(6-14)11(8)16-12/h1-5H,6,14H2,(H,15,16). The monoisotopic (exact) mass is 247 g/mol. The number of hydrogen-bond donors (Lipinski definition) is 2. The molecule has 0 spiro atoms. The van der Waals surface area contributed by atoms with Crippen LogP contribution in [0.1, 0.15) is 5.56 Å². The number of aromatic amines is 1. The summed E-state index contributed by atoms with van der Waals surface area (Å²) in [5.74, 6) is 1.28. The Morgan fingerprint density at radius 1 is 1.29 bits per heavy atom. The van der Waals surface area contributed by atoms with Crippen LogP contribution in [0, 0.1) is 0 Å². The molecule has 2 heterocycles. The molecule has 5 heteroatoms. The zero-order valence-corrected chi connectivity index (χ0v) is 9.66. The zero-order valence-electron chi connectivity index (χ0n) is 8.90. The van der Waals surface area contributed by atoms with E-state index in [2.05, 4.69) is 9.97 Å². The van der Waals surface area contributed by atoms with E-state index >= 15 is 0 Å². The van der Waals surface area contributed by atoms with Gasteiger partial charge >= 0.3 is 0 Å². The Morgan fingerprint density at radius 2 is 2.18 bits per heavy atom. The average Bonchev–Trinajstić information content (AvgIpc) is 2.93. The lowest BCUT2D eigenvalue weighted by Crippen LogP contribution is -1.96. The maximum atomic E-state index is 5.74. The molecule has 3 N–H and O–H groups in total. The van der Waals surface area contributed by atoms with Crippen LogP contribution in [0.15, 0.2) is 34.7 Å². The van der Waals surface area contributed by atoms with Gasteiger partial charge < -0.3 is 15.1 Å². The number of fused-ring (bicyclic) bond motifs is 1. The number of H-pyrrole nitrogens is 1. The molecule has 86 valence electrons. The summed E-state index contributed by atoms with van der Waals surface area (Å²) >= 11 is 5.74. The van der Waals surface area contributed by atoms with E-state index in [1.54, 1.807) is 12.1 Å². The highest BCUT2D eigenvalue weighted by atomic mass is 35.5. The Kier molecular flexibility index (Phi) is 2.39. The summed E-state index contributed by atoms with van der Waals surface area (Å²) in [6, 6.07) is 9.33. The number of nitrogens with zero attached hydrogens (tertiary/aromatic N) is 1. The van der Waals surface area contributed by atoms with Gasteiger partial charge in [0.2, 0.25) is 0 Å². The van der Waals surface area contributed by atoms with Gasteiger partial charge in [0.05, 0.1) is 11.0 Å². The van der Waals surface area contributed by atoms with Gasteiger partial charge in [0, 0.05) is 6.54 Å². The first-order chi connectivity index (χ1) is 8.28. The van der Waals surface area contributed by atoms with Crippen LogP contribution in [-0.4, -0.2) is 9.97 Å². The van der Waals surface area contributed by atoms with Crippen molar-refractivity contribution in [2.75, 3.05) is 0 Å². The van der Waals surface area contributed by atoms with Gasteiger partial charge in [0.25, 0.3) is 0 Å². The third-order valence-electron chi connectivity index (χ3n) is 2.62. The van der Waals surface area contributed by atoms with Gasteiger partial charge in [0.1, 0.15) is 0 Å². The molecule has 0 aliphatic carbocycles. The van der Waals surface area contributed by atoms with Gasteiger partial charge in [0.15, 0.2) is 16.8 Å². The molecule has 4 nitrogen and oxygen atoms in total. The van der Waals surface area contributed by atoms with Crippen LogP contribution in [0.2, 0.25) is 5.22 Å². The fraction of sp³-hybridized carbons (Fsp3) is 0.0833. The lowest BCUT2D eigenvalue weighted by atomic mass is 10.2. The Labute approximate surface area is 102 Å². The van der Waals surface area contributed by atoms with Crippen molar-refractivity contribution in [2.45, 2.75) is 6.54 Å². The highest BCUT2D eigenvalue weighted by Crippen LogP contribution is 2.25. The molecule has 0 atom stereocenters. The Hall–Kier alpha value is -1.78. The number of rotatable bonds is 2. The maximum Gasteiger partial charge on any atom is 0.194 e. The average molecular weight is 248 g/mol. The summed E-state index contributed by atoms with van der Waals surface area (Å²) in [6.07, 6.45) is 0. The molecule has 3 rings (SSSR count). The van der Waals surface area contributed by atoms with Crippen molar-refractivity contribution in [3.8, 4) is 11.6 Å². The van der Waals surface area contributed by atoms with Crippen molar-refractivity contribution in [1.29, 1.82) is 0 Å². The number of para-hydroxylation sites is 1. The van der Waals surface area contributed by atoms with E-state index in [4.69, 9.17) is 21.8 Å². The molecule has 0 unspecified atom stereocenters. The van der Waals surface area contributed by atoms with Crippen molar-refractivity contribution in [3.63, 3.8) is 0 Å². The van der Waals surface area contributed by atoms with E-state index in [0.29, 0.717) is 23.3 Å². The molecule has 3 aromatic rings. The van der Waals surface area contributed by atoms with Crippen molar-refractivity contribution >= 4 is 22.6 Å². The van der Waals surface area contributed by atoms with Gasteiger partial charge in [-0.05, 0) is 35.4 Å². The lowest BCUT2D eigenvalue weighted by Gasteiger charge is -1.95. The van der Waals surface area contributed by atoms with Gasteiger partial charge in [-0.15, -0.1) is 0 Å². The summed E-state index contributed by atoms with van der Waals surface area (Å²) in [7, 11) is 0. The number of benzene rings is 1. The third-order valence-corrected chi connectivity index (χ3v) is 2.83. The first-order valence-corrected chi connectivity index (χ1v) is 5.59. The molecule has 0 saturated carbocycles. The Balaban J connectivity index is 2.19. The summed E-state index contributed by atoms with van der Waals surface area (Å²) in [5.41, 5.74) is 8.48. The topological polar surface area (TPSA) is 67.8 Å². The number of aromatic nitrogens is 2. The van der Waals surface area contributed by atoms with Crippen molar-refractivity contribution < 1.29 is 4.42 Å². The van der Waals surface area contributed by atoms with E-state index in [-0.39, 0.29) is 0 Å². The number of nitrogens with two attached hydrogens (primary N) is 1. The molecule has 17 heavy (non-hydrogen) atoms. The molecule has 0 aliphatic rings. The number of halogens is 1. The molecule has 1 aromatic carbocycles. The van der Waals surface area contributed by atoms with Gasteiger partial charge in [-0.25, -0.2) is 4.98 Å². The minimum atomic E-state index is 0.347. The highest BCUT2D eigenvalue weighted by molar-refractivity contribution is 6.28. The van der Waals surface area contributed by atoms with E-state index in [1.807, 2.05) is 18.2 Å². The summed E-state index contributed by atoms with van der Waals surface area (Å²) in [6.45, 7) is 0.459. The Bertz CT molecular complexity index is 671. The summed E-state index contributed by atoms with van der Waals surface area (Å²) in [5, 5.41) is 0.347. The fourth-order valence-electron chi connectivity index (χ4n) is 1.81. The first-order valence-electron chi connectivity index (χ1n) is 5.21. The second-order valence-corrected chi connectivity index (χ2v) is 4.08.